The molecule has 0 radical (unpaired) electrons. The van der Waals surface area contributed by atoms with Crippen LogP contribution >= 0.6 is 0 Å². The Balaban J connectivity index is 1.74. The van der Waals surface area contributed by atoms with Crippen molar-refractivity contribution in [1.82, 2.24) is 10.2 Å². The monoisotopic (exact) mass is 535 g/mol. The summed E-state index contributed by atoms with van der Waals surface area (Å²) in [6, 6.07) is 9.95. The first kappa shape index (κ1) is 28.2. The first-order valence-corrected chi connectivity index (χ1v) is 14.2. The molecule has 0 spiro atoms. The lowest BCUT2D eigenvalue weighted by Gasteiger charge is -2.31. The number of halogens is 1. The number of nitrogens with one attached hydrogen (secondary N) is 1. The van der Waals surface area contributed by atoms with Gasteiger partial charge in [0.1, 0.15) is 11.9 Å². The molecule has 2 aromatic rings. The molecule has 0 bridgehead atoms. The van der Waals surface area contributed by atoms with Gasteiger partial charge >= 0.3 is 0 Å². The van der Waals surface area contributed by atoms with Crippen molar-refractivity contribution in [2.75, 3.05) is 30.4 Å². The van der Waals surface area contributed by atoms with E-state index in [4.69, 9.17) is 9.47 Å². The molecule has 1 aliphatic rings. The number of fused-ring (bicyclic) bond motifs is 1. The SMILES string of the molecule is CCCNC(=O)[C@@H](CC)N(Cc1ccc(F)cc1)C(=O)CCCN(c1ccc2c(c1)OCO2)S(C)(=O)=O. The van der Waals surface area contributed by atoms with Gasteiger partial charge < -0.3 is 19.7 Å². The van der Waals surface area contributed by atoms with E-state index in [9.17, 15) is 22.4 Å². The summed E-state index contributed by atoms with van der Waals surface area (Å²) in [5.41, 5.74) is 1.10. The zero-order valence-corrected chi connectivity index (χ0v) is 22.2. The van der Waals surface area contributed by atoms with Crippen LogP contribution in [-0.4, -0.2) is 57.3 Å². The summed E-state index contributed by atoms with van der Waals surface area (Å²) < 4.78 is 50.4. The number of carbonyl (C=O) groups is 2. The summed E-state index contributed by atoms with van der Waals surface area (Å²) in [5.74, 6) is 0.0611. The topological polar surface area (TPSA) is 105 Å². The van der Waals surface area contributed by atoms with E-state index < -0.39 is 21.9 Å². The highest BCUT2D eigenvalue weighted by molar-refractivity contribution is 7.92. The minimum Gasteiger partial charge on any atom is -0.454 e. The van der Waals surface area contributed by atoms with Gasteiger partial charge in [0.15, 0.2) is 11.5 Å². The van der Waals surface area contributed by atoms with Gasteiger partial charge in [0.2, 0.25) is 28.6 Å². The molecule has 0 unspecified atom stereocenters. The minimum atomic E-state index is -3.64. The van der Waals surface area contributed by atoms with Crippen LogP contribution in [0.5, 0.6) is 11.5 Å². The molecule has 0 aromatic heterocycles. The largest absolute Gasteiger partial charge is 0.454 e. The zero-order chi connectivity index (χ0) is 27.0. The Morgan fingerprint density at radius 2 is 1.78 bits per heavy atom. The maximum absolute atomic E-state index is 13.4. The third-order valence-corrected chi connectivity index (χ3v) is 7.19. The highest BCUT2D eigenvalue weighted by Gasteiger charge is 2.29. The van der Waals surface area contributed by atoms with Crippen molar-refractivity contribution in [3.63, 3.8) is 0 Å². The first-order chi connectivity index (χ1) is 17.6. The van der Waals surface area contributed by atoms with Crippen LogP contribution in [0.3, 0.4) is 0 Å². The molecule has 0 fully saturated rings. The van der Waals surface area contributed by atoms with Crippen molar-refractivity contribution in [2.24, 2.45) is 0 Å². The Kier molecular flexibility index (Phi) is 9.73. The Morgan fingerprint density at radius 3 is 2.43 bits per heavy atom. The predicted molar refractivity (Wildman–Crippen MR) is 138 cm³/mol. The molecule has 1 atom stereocenters. The van der Waals surface area contributed by atoms with E-state index in [2.05, 4.69) is 5.32 Å². The van der Waals surface area contributed by atoms with Crippen molar-refractivity contribution >= 4 is 27.5 Å². The molecule has 11 heteroatoms. The molecule has 3 rings (SSSR count). The van der Waals surface area contributed by atoms with Crippen LogP contribution in [0.2, 0.25) is 0 Å². The molecule has 9 nitrogen and oxygen atoms in total. The van der Waals surface area contributed by atoms with E-state index in [1.807, 2.05) is 13.8 Å². The second-order valence-electron chi connectivity index (χ2n) is 8.84. The molecule has 37 heavy (non-hydrogen) atoms. The van der Waals surface area contributed by atoms with Crippen LogP contribution in [0, 0.1) is 5.82 Å². The fraction of sp³-hybridized carbons (Fsp3) is 0.462. The Morgan fingerprint density at radius 1 is 1.08 bits per heavy atom. The van der Waals surface area contributed by atoms with E-state index in [0.29, 0.717) is 35.7 Å². The predicted octanol–water partition coefficient (Wildman–Crippen LogP) is 3.43. The Hall–Kier alpha value is -3.34. The molecule has 0 saturated carbocycles. The van der Waals surface area contributed by atoms with Gasteiger partial charge in [-0.1, -0.05) is 26.0 Å². The number of anilines is 1. The molecule has 0 aliphatic carbocycles. The van der Waals surface area contributed by atoms with Crippen LogP contribution in [0.4, 0.5) is 10.1 Å². The number of nitrogens with zero attached hydrogens (tertiary/aromatic N) is 2. The molecule has 202 valence electrons. The lowest BCUT2D eigenvalue weighted by Crippen LogP contribution is -2.49. The van der Waals surface area contributed by atoms with Crippen molar-refractivity contribution in [1.29, 1.82) is 0 Å². The summed E-state index contributed by atoms with van der Waals surface area (Å²) in [5, 5.41) is 2.85. The van der Waals surface area contributed by atoms with Gasteiger partial charge in [-0.05, 0) is 49.1 Å². The first-order valence-electron chi connectivity index (χ1n) is 12.3. The Bertz CT molecular complexity index is 1190. The van der Waals surface area contributed by atoms with Gasteiger partial charge in [0.25, 0.3) is 0 Å². The minimum absolute atomic E-state index is 0.0231. The molecule has 2 aromatic carbocycles. The van der Waals surface area contributed by atoms with E-state index >= 15 is 0 Å². The number of ether oxygens (including phenoxy) is 2. The van der Waals surface area contributed by atoms with Crippen molar-refractivity contribution in [3.05, 3.63) is 53.8 Å². The smallest absolute Gasteiger partial charge is 0.242 e. The number of rotatable bonds is 13. The molecule has 1 N–H and O–H groups in total. The standard InChI is InChI=1S/C26H34FN3O6S/c1-4-14-28-26(32)22(5-2)29(17-19-8-10-20(27)11-9-19)25(31)7-6-15-30(37(3,33)34)21-12-13-23-24(16-21)36-18-35-23/h8-13,16,22H,4-7,14-15,17-18H2,1-3H3,(H,28,32)/t22-/m1/s1. The number of hydrogen-bond donors (Lipinski definition) is 1. The van der Waals surface area contributed by atoms with Gasteiger partial charge in [-0.3, -0.25) is 13.9 Å². The quantitative estimate of drug-likeness (QED) is 0.421. The van der Waals surface area contributed by atoms with E-state index in [0.717, 1.165) is 12.7 Å². The van der Waals surface area contributed by atoms with Gasteiger partial charge in [-0.2, -0.15) is 0 Å². The van der Waals surface area contributed by atoms with E-state index in [1.165, 1.54) is 21.3 Å². The summed E-state index contributed by atoms with van der Waals surface area (Å²) >= 11 is 0. The summed E-state index contributed by atoms with van der Waals surface area (Å²) in [6.45, 7) is 4.53. The average molecular weight is 536 g/mol. The number of hydrogen-bond acceptors (Lipinski definition) is 6. The number of sulfonamides is 1. The lowest BCUT2D eigenvalue weighted by atomic mass is 10.1. The van der Waals surface area contributed by atoms with Gasteiger partial charge in [0.05, 0.1) is 11.9 Å². The van der Waals surface area contributed by atoms with E-state index in [-0.39, 0.29) is 44.5 Å². The van der Waals surface area contributed by atoms with Crippen LogP contribution in [-0.2, 0) is 26.2 Å². The fourth-order valence-corrected chi connectivity index (χ4v) is 5.07. The third-order valence-electron chi connectivity index (χ3n) is 6.00. The second kappa shape index (κ2) is 12.8. The van der Waals surface area contributed by atoms with Crippen LogP contribution in [0.1, 0.15) is 45.1 Å². The van der Waals surface area contributed by atoms with Gasteiger partial charge in [-0.15, -0.1) is 0 Å². The van der Waals surface area contributed by atoms with Gasteiger partial charge in [0, 0.05) is 32.1 Å². The highest BCUT2D eigenvalue weighted by atomic mass is 32.2. The van der Waals surface area contributed by atoms with E-state index in [1.54, 1.807) is 30.3 Å². The number of amides is 2. The van der Waals surface area contributed by atoms with Crippen LogP contribution < -0.4 is 19.1 Å². The molecule has 0 saturated heterocycles. The molecular formula is C26H34FN3O6S. The summed E-state index contributed by atoms with van der Waals surface area (Å²) in [7, 11) is -3.64. The highest BCUT2D eigenvalue weighted by Crippen LogP contribution is 2.36. The zero-order valence-electron chi connectivity index (χ0n) is 21.4. The van der Waals surface area contributed by atoms with Crippen LogP contribution in [0.25, 0.3) is 0 Å². The lowest BCUT2D eigenvalue weighted by molar-refractivity contribution is -0.141. The molecule has 1 aliphatic heterocycles. The average Bonchev–Trinajstić information content (AvgIpc) is 3.33. The molecule has 1 heterocycles. The number of benzene rings is 2. The van der Waals surface area contributed by atoms with Crippen molar-refractivity contribution in [3.8, 4) is 11.5 Å². The Labute approximate surface area is 217 Å². The molecule has 2 amide bonds. The summed E-state index contributed by atoms with van der Waals surface area (Å²) in [6.07, 6.45) is 2.51. The van der Waals surface area contributed by atoms with Gasteiger partial charge in [-0.25, -0.2) is 12.8 Å². The normalized spacial score (nSPS) is 13.2. The second-order valence-corrected chi connectivity index (χ2v) is 10.7. The number of carbonyl (C=O) groups excluding carboxylic acids is 2. The van der Waals surface area contributed by atoms with Crippen LogP contribution in [0.15, 0.2) is 42.5 Å². The van der Waals surface area contributed by atoms with Crippen molar-refractivity contribution < 1.29 is 31.9 Å². The molecular weight excluding hydrogens is 501 g/mol. The fourth-order valence-electron chi connectivity index (χ4n) is 4.12. The summed E-state index contributed by atoms with van der Waals surface area (Å²) in [4.78, 5) is 27.7. The maximum Gasteiger partial charge on any atom is 0.242 e. The van der Waals surface area contributed by atoms with Crippen molar-refractivity contribution in [2.45, 2.75) is 52.1 Å². The maximum atomic E-state index is 13.4. The third kappa shape index (κ3) is 7.58.